The van der Waals surface area contributed by atoms with Crippen LogP contribution in [0.4, 0.5) is 4.39 Å². The Labute approximate surface area is 82.2 Å². The van der Waals surface area contributed by atoms with E-state index in [9.17, 15) is 9.18 Å². The molecule has 0 aliphatic carbocycles. The molecule has 1 aliphatic rings. The van der Waals surface area contributed by atoms with Crippen molar-refractivity contribution in [2.24, 2.45) is 0 Å². The highest BCUT2D eigenvalue weighted by molar-refractivity contribution is 8.01. The van der Waals surface area contributed by atoms with Gasteiger partial charge in [-0.15, -0.1) is 11.8 Å². The van der Waals surface area contributed by atoms with E-state index in [4.69, 9.17) is 0 Å². The number of hydrogen-bond donors (Lipinski definition) is 0. The lowest BCUT2D eigenvalue weighted by Crippen LogP contribution is -2.30. The third-order valence-corrected chi connectivity index (χ3v) is 2.49. The number of nitrogens with zero attached hydrogens (tertiary/aromatic N) is 1. The van der Waals surface area contributed by atoms with Crippen LogP contribution in [0.25, 0.3) is 0 Å². The van der Waals surface area contributed by atoms with Crippen molar-refractivity contribution in [2.75, 3.05) is 19.3 Å². The molecule has 0 saturated carbocycles. The maximum Gasteiger partial charge on any atom is 0.247 e. The summed E-state index contributed by atoms with van der Waals surface area (Å²) in [4.78, 5) is 12.9. The Kier molecular flexibility index (Phi) is 3.36. The highest BCUT2D eigenvalue weighted by Crippen LogP contribution is 2.24. The average molecular weight is 203 g/mol. The van der Waals surface area contributed by atoms with Crippen LogP contribution in [0.1, 0.15) is 13.3 Å². The Morgan fingerprint density at radius 2 is 2.38 bits per heavy atom. The Hall–Kier alpha value is -0.510. The van der Waals surface area contributed by atoms with E-state index in [0.29, 0.717) is 13.0 Å². The smallest absolute Gasteiger partial charge is 0.247 e. The molecule has 2 nitrogen and oxygen atoms in total. The topological polar surface area (TPSA) is 20.3 Å². The zero-order chi connectivity index (χ0) is 9.90. The Morgan fingerprint density at radius 1 is 1.69 bits per heavy atom. The molecule has 1 aliphatic heterocycles. The molecule has 0 N–H and O–H groups in total. The minimum absolute atomic E-state index is 0.0873. The first-order chi connectivity index (χ1) is 6.05. The molecule has 1 fully saturated rings. The number of carbonyl (C=O) groups is 1. The molecule has 0 bridgehead atoms. The lowest BCUT2D eigenvalue weighted by Gasteiger charge is -2.15. The summed E-state index contributed by atoms with van der Waals surface area (Å²) in [6.07, 6.45) is 3.82. The van der Waals surface area contributed by atoms with E-state index in [1.165, 1.54) is 17.8 Å². The second-order valence-corrected chi connectivity index (χ2v) is 4.21. The standard InChI is InChI=1S/C9H14FNOS/c1-9(10)4-5-11(7-9)8(12)3-6-13-2/h3,6H,4-5,7H2,1-2H3/b6-3+. The van der Waals surface area contributed by atoms with Gasteiger partial charge in [0.15, 0.2) is 0 Å². The molecule has 1 rings (SSSR count). The van der Waals surface area contributed by atoms with Crippen molar-refractivity contribution in [1.82, 2.24) is 4.90 Å². The van der Waals surface area contributed by atoms with Crippen molar-refractivity contribution in [3.63, 3.8) is 0 Å². The number of likely N-dealkylation sites (tertiary alicyclic amines) is 1. The van der Waals surface area contributed by atoms with E-state index in [-0.39, 0.29) is 12.5 Å². The van der Waals surface area contributed by atoms with E-state index < -0.39 is 5.67 Å². The van der Waals surface area contributed by atoms with Gasteiger partial charge in [-0.3, -0.25) is 4.79 Å². The fraction of sp³-hybridized carbons (Fsp3) is 0.667. The van der Waals surface area contributed by atoms with Crippen LogP contribution in [0.5, 0.6) is 0 Å². The van der Waals surface area contributed by atoms with E-state index in [1.54, 1.807) is 17.2 Å². The molecule has 0 aromatic carbocycles. The van der Waals surface area contributed by atoms with Crippen molar-refractivity contribution in [3.8, 4) is 0 Å². The molecule has 1 unspecified atom stereocenters. The monoisotopic (exact) mass is 203 g/mol. The molecule has 4 heteroatoms. The number of carbonyl (C=O) groups excluding carboxylic acids is 1. The van der Waals surface area contributed by atoms with Crippen molar-refractivity contribution < 1.29 is 9.18 Å². The number of amides is 1. The van der Waals surface area contributed by atoms with Crippen molar-refractivity contribution in [1.29, 1.82) is 0 Å². The second kappa shape index (κ2) is 4.13. The lowest BCUT2D eigenvalue weighted by atomic mass is 10.1. The zero-order valence-electron chi connectivity index (χ0n) is 7.92. The first-order valence-electron chi connectivity index (χ1n) is 4.22. The van der Waals surface area contributed by atoms with Crippen molar-refractivity contribution in [2.45, 2.75) is 19.0 Å². The van der Waals surface area contributed by atoms with Crippen LogP contribution in [0.3, 0.4) is 0 Å². The SMILES string of the molecule is CS/C=C/C(=O)N1CCC(C)(F)C1. The van der Waals surface area contributed by atoms with Gasteiger partial charge in [-0.05, 0) is 18.6 Å². The number of halogens is 1. The van der Waals surface area contributed by atoms with Crippen molar-refractivity contribution >= 4 is 17.7 Å². The highest BCUT2D eigenvalue weighted by atomic mass is 32.2. The Balaban J connectivity index is 2.47. The number of rotatable bonds is 2. The van der Waals surface area contributed by atoms with Gasteiger partial charge in [0.25, 0.3) is 0 Å². The van der Waals surface area contributed by atoms with Gasteiger partial charge in [-0.2, -0.15) is 0 Å². The van der Waals surface area contributed by atoms with Gasteiger partial charge < -0.3 is 4.90 Å². The van der Waals surface area contributed by atoms with Gasteiger partial charge in [0.1, 0.15) is 5.67 Å². The summed E-state index contributed by atoms with van der Waals surface area (Å²) in [7, 11) is 0. The van der Waals surface area contributed by atoms with Gasteiger partial charge in [0.2, 0.25) is 5.91 Å². The van der Waals surface area contributed by atoms with Gasteiger partial charge in [0.05, 0.1) is 6.54 Å². The molecule has 0 radical (unpaired) electrons. The number of alkyl halides is 1. The zero-order valence-corrected chi connectivity index (χ0v) is 8.73. The van der Waals surface area contributed by atoms with E-state index in [2.05, 4.69) is 0 Å². The summed E-state index contributed by atoms with van der Waals surface area (Å²) in [6.45, 7) is 2.30. The maximum absolute atomic E-state index is 13.3. The quantitative estimate of drug-likeness (QED) is 0.638. The molecule has 0 aromatic heterocycles. The van der Waals surface area contributed by atoms with Crippen LogP contribution < -0.4 is 0 Å². The second-order valence-electron chi connectivity index (χ2n) is 3.46. The molecule has 1 heterocycles. The predicted octanol–water partition coefficient (Wildman–Crippen LogP) is 1.82. The molecular weight excluding hydrogens is 189 g/mol. The third-order valence-electron chi connectivity index (χ3n) is 2.08. The van der Waals surface area contributed by atoms with E-state index >= 15 is 0 Å². The molecule has 1 saturated heterocycles. The molecule has 1 atom stereocenters. The molecule has 74 valence electrons. The summed E-state index contributed by atoms with van der Waals surface area (Å²) in [5.41, 5.74) is -1.19. The fourth-order valence-corrected chi connectivity index (χ4v) is 1.60. The normalized spacial score (nSPS) is 28.7. The first kappa shape index (κ1) is 10.6. The lowest BCUT2D eigenvalue weighted by molar-refractivity contribution is -0.125. The number of hydrogen-bond acceptors (Lipinski definition) is 2. The van der Waals surface area contributed by atoms with Gasteiger partial charge in [0, 0.05) is 19.0 Å². The Bertz CT molecular complexity index is 228. The van der Waals surface area contributed by atoms with Crippen LogP contribution >= 0.6 is 11.8 Å². The molecule has 0 spiro atoms. The maximum atomic E-state index is 13.3. The van der Waals surface area contributed by atoms with E-state index in [1.807, 2.05) is 6.26 Å². The van der Waals surface area contributed by atoms with Crippen LogP contribution in [0.15, 0.2) is 11.5 Å². The van der Waals surface area contributed by atoms with Crippen LogP contribution in [-0.4, -0.2) is 35.8 Å². The molecular formula is C9H14FNOS. The highest BCUT2D eigenvalue weighted by Gasteiger charge is 2.34. The third kappa shape index (κ3) is 3.03. The minimum atomic E-state index is -1.19. The summed E-state index contributed by atoms with van der Waals surface area (Å²) >= 11 is 1.47. The van der Waals surface area contributed by atoms with Gasteiger partial charge in [-0.1, -0.05) is 0 Å². The minimum Gasteiger partial charge on any atom is -0.336 e. The molecule has 13 heavy (non-hydrogen) atoms. The molecule has 1 amide bonds. The summed E-state index contributed by atoms with van der Waals surface area (Å²) < 4.78 is 13.3. The summed E-state index contributed by atoms with van der Waals surface area (Å²) in [6, 6.07) is 0. The predicted molar refractivity (Wildman–Crippen MR) is 53.4 cm³/mol. The fourth-order valence-electron chi connectivity index (χ4n) is 1.34. The van der Waals surface area contributed by atoms with Crippen LogP contribution in [0.2, 0.25) is 0 Å². The van der Waals surface area contributed by atoms with Crippen LogP contribution in [0, 0.1) is 0 Å². The van der Waals surface area contributed by atoms with Gasteiger partial charge >= 0.3 is 0 Å². The average Bonchev–Trinajstić information content (AvgIpc) is 2.42. The van der Waals surface area contributed by atoms with E-state index in [0.717, 1.165) is 0 Å². The van der Waals surface area contributed by atoms with Crippen LogP contribution in [-0.2, 0) is 4.79 Å². The first-order valence-corrected chi connectivity index (χ1v) is 5.51. The summed E-state index contributed by atoms with van der Waals surface area (Å²) in [5.74, 6) is -0.0873. The summed E-state index contributed by atoms with van der Waals surface area (Å²) in [5, 5.41) is 1.72. The Morgan fingerprint density at radius 3 is 2.85 bits per heavy atom. The largest absolute Gasteiger partial charge is 0.336 e. The number of thioether (sulfide) groups is 1. The van der Waals surface area contributed by atoms with Crippen molar-refractivity contribution in [3.05, 3.63) is 11.5 Å². The van der Waals surface area contributed by atoms with Gasteiger partial charge in [-0.25, -0.2) is 4.39 Å². The molecule has 0 aromatic rings.